The quantitative estimate of drug-likeness (QED) is 0.565. The van der Waals surface area contributed by atoms with E-state index in [9.17, 15) is 13.2 Å². The highest BCUT2D eigenvalue weighted by atomic mass is 32.2. The lowest BCUT2D eigenvalue weighted by molar-refractivity contribution is -0.173. The van der Waals surface area contributed by atoms with Crippen LogP contribution in [0.2, 0.25) is 0 Å². The molecular weight excluding hydrogens is 362 g/mol. The average Bonchev–Trinajstić information content (AvgIpc) is 2.58. The smallest absolute Gasteiger partial charge is 0.311 e. The normalized spacial score (nSPS) is 17.5. The van der Waals surface area contributed by atoms with Gasteiger partial charge in [0.25, 0.3) is 0 Å². The van der Waals surface area contributed by atoms with Crippen LogP contribution < -0.4 is 5.32 Å². The first kappa shape index (κ1) is 21.9. The molecule has 0 radical (unpaired) electrons. The molecule has 1 heterocycles. The standard InChI is InChI=1S/C21H33NO4S/c1-20(2,3)19(23)26-21(13-15-22-16-14-21)12-6-5-7-17-8-10-18(11-9-17)27(4,24)25/h8-11,22H,5-7,12-16H2,1-4H3. The zero-order chi connectivity index (χ0) is 20.1. The maximum Gasteiger partial charge on any atom is 0.311 e. The van der Waals surface area contributed by atoms with Gasteiger partial charge in [0.2, 0.25) is 0 Å². The number of piperidine rings is 1. The average molecular weight is 396 g/mol. The van der Waals surface area contributed by atoms with Crippen molar-refractivity contribution in [1.82, 2.24) is 5.32 Å². The molecule has 0 atom stereocenters. The monoisotopic (exact) mass is 395 g/mol. The third kappa shape index (κ3) is 6.61. The number of aryl methyl sites for hydroxylation is 1. The minimum atomic E-state index is -3.15. The van der Waals surface area contributed by atoms with Crippen molar-refractivity contribution in [2.45, 2.75) is 69.8 Å². The van der Waals surface area contributed by atoms with Gasteiger partial charge in [-0.2, -0.15) is 0 Å². The Hall–Kier alpha value is -1.40. The molecule has 1 N–H and O–H groups in total. The predicted octanol–water partition coefficient (Wildman–Crippen LogP) is 3.51. The topological polar surface area (TPSA) is 72.5 Å². The van der Waals surface area contributed by atoms with Crippen LogP contribution in [0.5, 0.6) is 0 Å². The summed E-state index contributed by atoms with van der Waals surface area (Å²) >= 11 is 0. The van der Waals surface area contributed by atoms with Crippen LogP contribution >= 0.6 is 0 Å². The summed E-state index contributed by atoms with van der Waals surface area (Å²) in [7, 11) is -3.15. The number of rotatable bonds is 7. The predicted molar refractivity (Wildman–Crippen MR) is 107 cm³/mol. The highest BCUT2D eigenvalue weighted by Crippen LogP contribution is 2.32. The van der Waals surface area contributed by atoms with E-state index in [1.165, 1.54) is 6.26 Å². The summed E-state index contributed by atoms with van der Waals surface area (Å²) in [5.41, 5.74) is 0.295. The van der Waals surface area contributed by atoms with Crippen molar-refractivity contribution in [3.05, 3.63) is 29.8 Å². The van der Waals surface area contributed by atoms with Gasteiger partial charge in [-0.25, -0.2) is 8.42 Å². The van der Waals surface area contributed by atoms with Crippen molar-refractivity contribution in [2.24, 2.45) is 5.41 Å². The lowest BCUT2D eigenvalue weighted by atomic mass is 9.85. The van der Waals surface area contributed by atoms with Gasteiger partial charge in [-0.1, -0.05) is 12.1 Å². The number of hydrogen-bond acceptors (Lipinski definition) is 5. The van der Waals surface area contributed by atoms with E-state index in [4.69, 9.17) is 4.74 Å². The van der Waals surface area contributed by atoms with Gasteiger partial charge in [0.1, 0.15) is 5.60 Å². The zero-order valence-corrected chi connectivity index (χ0v) is 17.8. The van der Waals surface area contributed by atoms with Crippen LogP contribution in [0.25, 0.3) is 0 Å². The second kappa shape index (κ2) is 8.74. The number of carbonyl (C=O) groups is 1. The molecule has 1 saturated heterocycles. The number of hydrogen-bond donors (Lipinski definition) is 1. The molecule has 27 heavy (non-hydrogen) atoms. The summed E-state index contributed by atoms with van der Waals surface area (Å²) in [6.45, 7) is 7.44. The summed E-state index contributed by atoms with van der Waals surface area (Å²) < 4.78 is 29.1. The third-order valence-corrected chi connectivity index (χ3v) is 6.26. The molecule has 0 bridgehead atoms. The first-order chi connectivity index (χ1) is 12.5. The fourth-order valence-electron chi connectivity index (χ4n) is 3.31. The maximum atomic E-state index is 12.4. The second-order valence-electron chi connectivity index (χ2n) is 8.70. The van der Waals surface area contributed by atoms with Crippen LogP contribution in [0.3, 0.4) is 0 Å². The number of carbonyl (C=O) groups excluding carboxylic acids is 1. The second-order valence-corrected chi connectivity index (χ2v) is 10.7. The fraction of sp³-hybridized carbons (Fsp3) is 0.667. The number of esters is 1. The van der Waals surface area contributed by atoms with E-state index in [-0.39, 0.29) is 11.6 Å². The maximum absolute atomic E-state index is 12.4. The van der Waals surface area contributed by atoms with Gasteiger partial charge in [-0.3, -0.25) is 4.79 Å². The molecule has 2 rings (SSSR count). The Labute approximate surface area is 163 Å². The molecule has 0 amide bonds. The van der Waals surface area contributed by atoms with Crippen molar-refractivity contribution < 1.29 is 17.9 Å². The lowest BCUT2D eigenvalue weighted by Crippen LogP contribution is -2.47. The minimum Gasteiger partial charge on any atom is -0.459 e. The Morgan fingerprint density at radius 2 is 1.70 bits per heavy atom. The van der Waals surface area contributed by atoms with E-state index < -0.39 is 15.3 Å². The number of nitrogens with one attached hydrogen (secondary N) is 1. The van der Waals surface area contributed by atoms with E-state index in [2.05, 4.69) is 5.32 Å². The fourth-order valence-corrected chi connectivity index (χ4v) is 3.95. The van der Waals surface area contributed by atoms with Gasteiger partial charge in [0.15, 0.2) is 9.84 Å². The van der Waals surface area contributed by atoms with E-state index in [0.29, 0.717) is 4.90 Å². The van der Waals surface area contributed by atoms with Crippen molar-refractivity contribution >= 4 is 15.8 Å². The summed E-state index contributed by atoms with van der Waals surface area (Å²) in [5.74, 6) is -0.124. The molecule has 1 aliphatic rings. The zero-order valence-electron chi connectivity index (χ0n) is 17.0. The Balaban J connectivity index is 1.89. The van der Waals surface area contributed by atoms with Crippen LogP contribution in [0, 0.1) is 5.41 Å². The Morgan fingerprint density at radius 3 is 2.22 bits per heavy atom. The molecule has 0 aromatic heterocycles. The Morgan fingerprint density at radius 1 is 1.11 bits per heavy atom. The molecule has 1 aromatic rings. The first-order valence-corrected chi connectivity index (χ1v) is 11.6. The van der Waals surface area contributed by atoms with Gasteiger partial charge < -0.3 is 10.1 Å². The van der Waals surface area contributed by atoms with Gasteiger partial charge in [0.05, 0.1) is 10.3 Å². The lowest BCUT2D eigenvalue weighted by Gasteiger charge is -2.39. The summed E-state index contributed by atoms with van der Waals surface area (Å²) in [4.78, 5) is 12.8. The highest BCUT2D eigenvalue weighted by molar-refractivity contribution is 7.90. The SMILES string of the molecule is CC(C)(C)C(=O)OC1(CCCCc2ccc(S(C)(=O)=O)cc2)CCNCC1. The molecule has 1 aliphatic heterocycles. The van der Waals surface area contributed by atoms with E-state index in [1.807, 2.05) is 32.9 Å². The summed E-state index contributed by atoms with van der Waals surface area (Å²) in [6, 6.07) is 7.11. The molecule has 0 saturated carbocycles. The third-order valence-electron chi connectivity index (χ3n) is 5.14. The van der Waals surface area contributed by atoms with Gasteiger partial charge in [0, 0.05) is 6.26 Å². The van der Waals surface area contributed by atoms with Gasteiger partial charge >= 0.3 is 5.97 Å². The number of sulfone groups is 1. The van der Waals surface area contributed by atoms with Crippen LogP contribution in [0.4, 0.5) is 0 Å². The van der Waals surface area contributed by atoms with Gasteiger partial charge in [-0.05, 0) is 90.1 Å². The molecule has 1 fully saturated rings. The van der Waals surface area contributed by atoms with Crippen LogP contribution in [0.1, 0.15) is 58.4 Å². The van der Waals surface area contributed by atoms with Crippen molar-refractivity contribution in [2.75, 3.05) is 19.3 Å². The molecule has 152 valence electrons. The van der Waals surface area contributed by atoms with E-state index >= 15 is 0 Å². The molecule has 1 aromatic carbocycles. The number of unbranched alkanes of at least 4 members (excludes halogenated alkanes) is 1. The van der Waals surface area contributed by atoms with Gasteiger partial charge in [-0.15, -0.1) is 0 Å². The number of ether oxygens (including phenoxy) is 1. The molecule has 5 nitrogen and oxygen atoms in total. The van der Waals surface area contributed by atoms with Crippen LogP contribution in [0.15, 0.2) is 29.2 Å². The largest absolute Gasteiger partial charge is 0.459 e. The van der Waals surface area contributed by atoms with E-state index in [1.54, 1.807) is 12.1 Å². The van der Waals surface area contributed by atoms with Crippen molar-refractivity contribution in [3.8, 4) is 0 Å². The molecule has 6 heteroatoms. The number of benzene rings is 1. The molecule has 0 unspecified atom stereocenters. The minimum absolute atomic E-state index is 0.124. The van der Waals surface area contributed by atoms with Crippen molar-refractivity contribution in [1.29, 1.82) is 0 Å². The summed E-state index contributed by atoms with van der Waals surface area (Å²) in [5, 5.41) is 3.34. The molecule has 0 aliphatic carbocycles. The Bertz CT molecular complexity index is 726. The van der Waals surface area contributed by atoms with Crippen LogP contribution in [-0.2, 0) is 25.8 Å². The van der Waals surface area contributed by atoms with Crippen LogP contribution in [-0.4, -0.2) is 39.3 Å². The van der Waals surface area contributed by atoms with E-state index in [0.717, 1.165) is 57.2 Å². The summed E-state index contributed by atoms with van der Waals surface area (Å²) in [6.07, 6.45) is 6.67. The Kier molecular flexibility index (Phi) is 7.09. The molecular formula is C21H33NO4S. The molecule has 0 spiro atoms. The van der Waals surface area contributed by atoms with Crippen molar-refractivity contribution in [3.63, 3.8) is 0 Å². The highest BCUT2D eigenvalue weighted by Gasteiger charge is 2.38. The first-order valence-electron chi connectivity index (χ1n) is 9.75.